The van der Waals surface area contributed by atoms with Gasteiger partial charge >= 0.3 is 0 Å². The highest BCUT2D eigenvalue weighted by Crippen LogP contribution is 2.21. The van der Waals surface area contributed by atoms with Crippen molar-refractivity contribution in [1.29, 1.82) is 0 Å². The molecule has 0 N–H and O–H groups in total. The third-order valence-corrected chi connectivity index (χ3v) is 4.98. The Balaban J connectivity index is 1.49. The van der Waals surface area contributed by atoms with Crippen LogP contribution in [0.4, 0.5) is 0 Å². The van der Waals surface area contributed by atoms with Crippen molar-refractivity contribution in [2.24, 2.45) is 0 Å². The Morgan fingerprint density at radius 1 is 1.08 bits per heavy atom. The zero-order valence-corrected chi connectivity index (χ0v) is 14.8. The first-order valence-corrected chi connectivity index (χ1v) is 9.08. The van der Waals surface area contributed by atoms with Gasteiger partial charge in [0.1, 0.15) is 0 Å². The molecule has 134 valence electrons. The van der Waals surface area contributed by atoms with E-state index in [-0.39, 0.29) is 17.7 Å². The van der Waals surface area contributed by atoms with Crippen molar-refractivity contribution in [2.45, 2.75) is 32.1 Å². The number of nitrogens with zero attached hydrogens (tertiary/aromatic N) is 2. The fourth-order valence-corrected chi connectivity index (χ4v) is 3.37. The fourth-order valence-electron chi connectivity index (χ4n) is 3.37. The van der Waals surface area contributed by atoms with Crippen molar-refractivity contribution >= 4 is 11.8 Å². The molecule has 1 fully saturated rings. The summed E-state index contributed by atoms with van der Waals surface area (Å²) in [6, 6.07) is 10.1. The van der Waals surface area contributed by atoms with Crippen molar-refractivity contribution in [1.82, 2.24) is 9.80 Å². The normalized spacial score (nSPS) is 19.0. The largest absolute Gasteiger partial charge is 0.501 e. The minimum absolute atomic E-state index is 0.0597. The number of carbonyl (C=O) groups excluding carboxylic acids is 2. The number of piperazine rings is 1. The fraction of sp³-hybridized carbons (Fsp3) is 0.500. The molecule has 0 aromatic heterocycles. The summed E-state index contributed by atoms with van der Waals surface area (Å²) >= 11 is 0. The number of benzene rings is 1. The number of carbonyl (C=O) groups is 2. The smallest absolute Gasteiger partial charge is 0.252 e. The van der Waals surface area contributed by atoms with Crippen LogP contribution in [0, 0.1) is 0 Å². The number of hydrogen-bond donors (Lipinski definition) is 0. The van der Waals surface area contributed by atoms with E-state index < -0.39 is 0 Å². The van der Waals surface area contributed by atoms with E-state index in [0.717, 1.165) is 18.4 Å². The summed E-state index contributed by atoms with van der Waals surface area (Å²) in [5.41, 5.74) is 1.94. The lowest BCUT2D eigenvalue weighted by molar-refractivity contribution is -0.138. The van der Waals surface area contributed by atoms with Crippen LogP contribution in [0.1, 0.15) is 37.7 Å². The molecule has 0 bridgehead atoms. The molecule has 2 heterocycles. The predicted molar refractivity (Wildman–Crippen MR) is 95.9 cm³/mol. The second-order valence-electron chi connectivity index (χ2n) is 6.81. The highest BCUT2D eigenvalue weighted by Gasteiger charge is 2.27. The lowest BCUT2D eigenvalue weighted by Crippen LogP contribution is -2.51. The molecule has 1 aromatic rings. The standard InChI is InChI=1S/C20H26N2O3/c1-16(17-6-3-2-4-7-17)14-19(23)21-9-11-22(12-10-21)20(24)18-8-5-13-25-15-18/h2-4,6-7,15-16H,5,8-14H2,1H3/t16-/m0/s1. The Morgan fingerprint density at radius 3 is 2.40 bits per heavy atom. The maximum atomic E-state index is 12.6. The van der Waals surface area contributed by atoms with E-state index in [1.165, 1.54) is 5.56 Å². The third-order valence-electron chi connectivity index (χ3n) is 4.98. The Hall–Kier alpha value is -2.30. The van der Waals surface area contributed by atoms with E-state index in [1.807, 2.05) is 28.0 Å². The maximum Gasteiger partial charge on any atom is 0.252 e. The van der Waals surface area contributed by atoms with Crippen LogP contribution in [0.25, 0.3) is 0 Å². The van der Waals surface area contributed by atoms with Crippen LogP contribution >= 0.6 is 0 Å². The SMILES string of the molecule is C[C@@H](CC(=O)N1CCN(C(=O)C2=COCCC2)CC1)c1ccccc1. The molecule has 5 heteroatoms. The molecule has 1 atom stereocenters. The van der Waals surface area contributed by atoms with Gasteiger partial charge in [0.15, 0.2) is 0 Å². The van der Waals surface area contributed by atoms with Crippen LogP contribution in [0.3, 0.4) is 0 Å². The molecular weight excluding hydrogens is 316 g/mol. The molecule has 2 amide bonds. The van der Waals surface area contributed by atoms with Gasteiger partial charge in [-0.15, -0.1) is 0 Å². The first-order chi connectivity index (χ1) is 12.1. The Bertz CT molecular complexity index is 634. The summed E-state index contributed by atoms with van der Waals surface area (Å²) in [6.07, 6.45) is 3.79. The van der Waals surface area contributed by atoms with Crippen molar-refractivity contribution < 1.29 is 14.3 Å². The van der Waals surface area contributed by atoms with Gasteiger partial charge in [-0.1, -0.05) is 37.3 Å². The van der Waals surface area contributed by atoms with E-state index in [1.54, 1.807) is 6.26 Å². The molecule has 0 unspecified atom stereocenters. The predicted octanol–water partition coefficient (Wildman–Crippen LogP) is 2.55. The van der Waals surface area contributed by atoms with Crippen LogP contribution in [0.5, 0.6) is 0 Å². The summed E-state index contributed by atoms with van der Waals surface area (Å²) in [7, 11) is 0. The van der Waals surface area contributed by atoms with Crippen LogP contribution in [0.2, 0.25) is 0 Å². The monoisotopic (exact) mass is 342 g/mol. The summed E-state index contributed by atoms with van der Waals surface area (Å²) in [4.78, 5) is 28.7. The molecular formula is C20H26N2O3. The van der Waals surface area contributed by atoms with Gasteiger partial charge in [0.25, 0.3) is 5.91 Å². The van der Waals surface area contributed by atoms with E-state index >= 15 is 0 Å². The van der Waals surface area contributed by atoms with Crippen molar-refractivity contribution in [2.75, 3.05) is 32.8 Å². The van der Waals surface area contributed by atoms with Crippen LogP contribution in [0.15, 0.2) is 42.2 Å². The zero-order chi connectivity index (χ0) is 17.6. The van der Waals surface area contributed by atoms with Gasteiger partial charge in [-0.05, 0) is 24.3 Å². The minimum Gasteiger partial charge on any atom is -0.501 e. The molecule has 3 rings (SSSR count). The molecule has 0 aliphatic carbocycles. The molecule has 1 aromatic carbocycles. The summed E-state index contributed by atoms with van der Waals surface area (Å²) in [5, 5.41) is 0. The van der Waals surface area contributed by atoms with Crippen LogP contribution in [-0.4, -0.2) is 54.4 Å². The Labute approximate surface area is 149 Å². The molecule has 0 spiro atoms. The van der Waals surface area contributed by atoms with E-state index in [4.69, 9.17) is 4.74 Å². The molecule has 0 radical (unpaired) electrons. The van der Waals surface area contributed by atoms with Gasteiger partial charge in [0.05, 0.1) is 18.4 Å². The van der Waals surface area contributed by atoms with E-state index in [2.05, 4.69) is 19.1 Å². The second kappa shape index (κ2) is 8.19. The van der Waals surface area contributed by atoms with E-state index in [9.17, 15) is 9.59 Å². The quantitative estimate of drug-likeness (QED) is 0.845. The van der Waals surface area contributed by atoms with Crippen LogP contribution in [-0.2, 0) is 14.3 Å². The second-order valence-corrected chi connectivity index (χ2v) is 6.81. The molecule has 1 saturated heterocycles. The molecule has 0 saturated carbocycles. The maximum absolute atomic E-state index is 12.6. The van der Waals surface area contributed by atoms with E-state index in [0.29, 0.717) is 39.2 Å². The highest BCUT2D eigenvalue weighted by atomic mass is 16.5. The van der Waals surface area contributed by atoms with Gasteiger partial charge in [0.2, 0.25) is 5.91 Å². The lowest BCUT2D eigenvalue weighted by Gasteiger charge is -2.36. The molecule has 5 nitrogen and oxygen atoms in total. The van der Waals surface area contributed by atoms with Gasteiger partial charge in [-0.2, -0.15) is 0 Å². The summed E-state index contributed by atoms with van der Waals surface area (Å²) < 4.78 is 5.27. The van der Waals surface area contributed by atoms with Gasteiger partial charge in [0, 0.05) is 32.6 Å². The molecule has 25 heavy (non-hydrogen) atoms. The topological polar surface area (TPSA) is 49.9 Å². The average molecular weight is 342 g/mol. The summed E-state index contributed by atoms with van der Waals surface area (Å²) in [6.45, 7) is 5.20. The Kier molecular flexibility index (Phi) is 5.74. The first kappa shape index (κ1) is 17.5. The minimum atomic E-state index is 0.0597. The van der Waals surface area contributed by atoms with Gasteiger partial charge in [-0.25, -0.2) is 0 Å². The van der Waals surface area contributed by atoms with Crippen LogP contribution < -0.4 is 0 Å². The first-order valence-electron chi connectivity index (χ1n) is 9.08. The lowest BCUT2D eigenvalue weighted by atomic mass is 9.97. The Morgan fingerprint density at radius 2 is 1.76 bits per heavy atom. The highest BCUT2D eigenvalue weighted by molar-refractivity contribution is 5.93. The summed E-state index contributed by atoms with van der Waals surface area (Å²) in [5.74, 6) is 0.436. The van der Waals surface area contributed by atoms with Crippen molar-refractivity contribution in [3.05, 3.63) is 47.7 Å². The number of ether oxygens (including phenoxy) is 1. The third kappa shape index (κ3) is 4.41. The molecule has 2 aliphatic heterocycles. The molecule has 2 aliphatic rings. The average Bonchev–Trinajstić information content (AvgIpc) is 2.69. The zero-order valence-electron chi connectivity index (χ0n) is 14.8. The van der Waals surface area contributed by atoms with Gasteiger partial charge < -0.3 is 14.5 Å². The van der Waals surface area contributed by atoms with Crippen molar-refractivity contribution in [3.8, 4) is 0 Å². The van der Waals surface area contributed by atoms with Gasteiger partial charge in [-0.3, -0.25) is 9.59 Å². The number of rotatable bonds is 4. The van der Waals surface area contributed by atoms with Crippen molar-refractivity contribution in [3.63, 3.8) is 0 Å². The number of amides is 2. The number of hydrogen-bond acceptors (Lipinski definition) is 3.